The number of rotatable bonds is 2. The van der Waals surface area contributed by atoms with E-state index in [4.69, 9.17) is 14.9 Å². The number of benzene rings is 2. The van der Waals surface area contributed by atoms with E-state index in [1.165, 1.54) is 12.1 Å². The SMILES string of the molecule is CC1(C)c2cc(C(=O)O)ccc2Oc2ccc(C(=O)O)cc21. The summed E-state index contributed by atoms with van der Waals surface area (Å²) in [4.78, 5) is 22.3. The fraction of sp³-hybridized carbons (Fsp3) is 0.176. The van der Waals surface area contributed by atoms with Crippen LogP contribution in [-0.4, -0.2) is 22.2 Å². The van der Waals surface area contributed by atoms with Crippen LogP contribution < -0.4 is 4.74 Å². The van der Waals surface area contributed by atoms with E-state index < -0.39 is 17.4 Å². The molecule has 2 N–H and O–H groups in total. The van der Waals surface area contributed by atoms with Crippen LogP contribution in [0.25, 0.3) is 0 Å². The summed E-state index contributed by atoms with van der Waals surface area (Å²) in [5.74, 6) is -0.844. The van der Waals surface area contributed by atoms with Crippen LogP contribution in [0.1, 0.15) is 45.7 Å². The first kappa shape index (κ1) is 14.1. The molecule has 2 aromatic rings. The highest BCUT2D eigenvalue weighted by Crippen LogP contribution is 2.48. The zero-order chi connectivity index (χ0) is 16.1. The van der Waals surface area contributed by atoms with E-state index in [1.807, 2.05) is 13.8 Å². The second-order valence-electron chi connectivity index (χ2n) is 5.76. The molecule has 0 spiro atoms. The summed E-state index contributed by atoms with van der Waals surface area (Å²) in [6.45, 7) is 3.84. The van der Waals surface area contributed by atoms with Crippen LogP contribution in [0.15, 0.2) is 36.4 Å². The maximum absolute atomic E-state index is 11.2. The molecule has 0 atom stereocenters. The van der Waals surface area contributed by atoms with Gasteiger partial charge in [-0.25, -0.2) is 9.59 Å². The van der Waals surface area contributed by atoms with Crippen LogP contribution in [0, 0.1) is 0 Å². The fourth-order valence-corrected chi connectivity index (χ4v) is 2.74. The fourth-order valence-electron chi connectivity index (χ4n) is 2.74. The van der Waals surface area contributed by atoms with Gasteiger partial charge in [0, 0.05) is 16.5 Å². The predicted octanol–water partition coefficient (Wildman–Crippen LogP) is 3.51. The smallest absolute Gasteiger partial charge is 0.335 e. The largest absolute Gasteiger partial charge is 0.478 e. The van der Waals surface area contributed by atoms with Gasteiger partial charge >= 0.3 is 11.9 Å². The van der Waals surface area contributed by atoms with Crippen molar-refractivity contribution < 1.29 is 24.5 Å². The van der Waals surface area contributed by atoms with Crippen LogP contribution in [0.3, 0.4) is 0 Å². The lowest BCUT2D eigenvalue weighted by molar-refractivity contribution is 0.0686. The van der Waals surface area contributed by atoms with Crippen molar-refractivity contribution in [2.45, 2.75) is 19.3 Å². The topological polar surface area (TPSA) is 83.8 Å². The van der Waals surface area contributed by atoms with Crippen molar-refractivity contribution in [1.82, 2.24) is 0 Å². The molecule has 0 aliphatic carbocycles. The Kier molecular flexibility index (Phi) is 2.95. The van der Waals surface area contributed by atoms with E-state index in [1.54, 1.807) is 24.3 Å². The van der Waals surface area contributed by atoms with Gasteiger partial charge < -0.3 is 14.9 Å². The molecule has 0 saturated heterocycles. The minimum absolute atomic E-state index is 0.174. The van der Waals surface area contributed by atoms with Gasteiger partial charge in [0.25, 0.3) is 0 Å². The summed E-state index contributed by atoms with van der Waals surface area (Å²) in [7, 11) is 0. The first-order valence-corrected chi connectivity index (χ1v) is 6.74. The molecular formula is C17H14O5. The zero-order valence-corrected chi connectivity index (χ0v) is 12.1. The molecule has 5 heteroatoms. The van der Waals surface area contributed by atoms with Crippen molar-refractivity contribution in [2.24, 2.45) is 0 Å². The highest BCUT2D eigenvalue weighted by Gasteiger charge is 2.35. The third kappa shape index (κ3) is 2.02. The lowest BCUT2D eigenvalue weighted by atomic mass is 9.75. The summed E-state index contributed by atoms with van der Waals surface area (Å²) in [6, 6.07) is 9.41. The lowest BCUT2D eigenvalue weighted by Gasteiger charge is -2.34. The average molecular weight is 298 g/mol. The molecule has 0 radical (unpaired) electrons. The highest BCUT2D eigenvalue weighted by molar-refractivity contribution is 5.89. The molecule has 1 heterocycles. The number of hydrogen-bond acceptors (Lipinski definition) is 3. The minimum Gasteiger partial charge on any atom is -0.478 e. The van der Waals surface area contributed by atoms with E-state index in [2.05, 4.69) is 0 Å². The molecule has 0 saturated carbocycles. The van der Waals surface area contributed by atoms with Gasteiger partial charge in [-0.1, -0.05) is 13.8 Å². The van der Waals surface area contributed by atoms with Gasteiger partial charge in [0.2, 0.25) is 0 Å². The Morgan fingerprint density at radius 3 is 1.64 bits per heavy atom. The van der Waals surface area contributed by atoms with Gasteiger partial charge in [-0.05, 0) is 36.4 Å². The Morgan fingerprint density at radius 1 is 0.864 bits per heavy atom. The molecule has 3 rings (SSSR count). The highest BCUT2D eigenvalue weighted by atomic mass is 16.5. The van der Waals surface area contributed by atoms with Gasteiger partial charge in [-0.15, -0.1) is 0 Å². The van der Waals surface area contributed by atoms with Crippen molar-refractivity contribution in [3.05, 3.63) is 58.7 Å². The van der Waals surface area contributed by atoms with Crippen molar-refractivity contribution in [3.8, 4) is 11.5 Å². The summed E-state index contributed by atoms with van der Waals surface area (Å²) >= 11 is 0. The molecule has 0 unspecified atom stereocenters. The van der Waals surface area contributed by atoms with Gasteiger partial charge in [0.1, 0.15) is 11.5 Å². The molecule has 0 aromatic heterocycles. The Hall–Kier alpha value is -2.82. The summed E-state index contributed by atoms with van der Waals surface area (Å²) < 4.78 is 5.80. The predicted molar refractivity (Wildman–Crippen MR) is 79.0 cm³/mol. The molecule has 1 aliphatic rings. The first-order valence-electron chi connectivity index (χ1n) is 6.74. The third-order valence-electron chi connectivity index (χ3n) is 4.02. The number of ether oxygens (including phenoxy) is 1. The first-order chi connectivity index (χ1) is 10.3. The Labute approximate surface area is 126 Å². The number of aromatic carboxylic acids is 2. The van der Waals surface area contributed by atoms with Gasteiger partial charge in [0.15, 0.2) is 0 Å². The summed E-state index contributed by atoms with van der Waals surface area (Å²) in [5, 5.41) is 18.3. The third-order valence-corrected chi connectivity index (χ3v) is 4.02. The second-order valence-corrected chi connectivity index (χ2v) is 5.76. The second kappa shape index (κ2) is 4.59. The van der Waals surface area contributed by atoms with E-state index >= 15 is 0 Å². The minimum atomic E-state index is -1.01. The number of fused-ring (bicyclic) bond motifs is 2. The number of hydrogen-bond donors (Lipinski definition) is 2. The zero-order valence-electron chi connectivity index (χ0n) is 12.1. The molecule has 0 bridgehead atoms. The van der Waals surface area contributed by atoms with Gasteiger partial charge in [-0.2, -0.15) is 0 Å². The molecule has 1 aliphatic heterocycles. The van der Waals surface area contributed by atoms with E-state index in [0.717, 1.165) is 11.1 Å². The molecule has 0 fully saturated rings. The van der Waals surface area contributed by atoms with Crippen LogP contribution in [0.5, 0.6) is 11.5 Å². The number of carbonyl (C=O) groups is 2. The maximum atomic E-state index is 11.2. The normalized spacial score (nSPS) is 14.5. The quantitative estimate of drug-likeness (QED) is 0.886. The van der Waals surface area contributed by atoms with Gasteiger partial charge in [-0.3, -0.25) is 0 Å². The van der Waals surface area contributed by atoms with Crippen molar-refractivity contribution >= 4 is 11.9 Å². The number of carboxylic acids is 2. The van der Waals surface area contributed by atoms with E-state index in [-0.39, 0.29) is 11.1 Å². The monoisotopic (exact) mass is 298 g/mol. The van der Waals surface area contributed by atoms with Crippen LogP contribution in [0.4, 0.5) is 0 Å². The lowest BCUT2D eigenvalue weighted by Crippen LogP contribution is -2.25. The standard InChI is InChI=1S/C17H14O5/c1-17(2)11-7-9(15(18)19)3-5-13(11)22-14-6-4-10(16(20)21)8-12(14)17/h3-8H,1-2H3,(H,18,19)(H,20,21). The summed E-state index contributed by atoms with van der Waals surface area (Å²) in [5.41, 5.74) is 1.24. The van der Waals surface area contributed by atoms with Crippen LogP contribution >= 0.6 is 0 Å². The molecule has 5 nitrogen and oxygen atoms in total. The molecule has 112 valence electrons. The molecule has 22 heavy (non-hydrogen) atoms. The van der Waals surface area contributed by atoms with E-state index in [9.17, 15) is 9.59 Å². The average Bonchev–Trinajstić information content (AvgIpc) is 2.46. The van der Waals surface area contributed by atoms with Crippen LogP contribution in [0.2, 0.25) is 0 Å². The molecule has 0 amide bonds. The Balaban J connectivity index is 2.20. The van der Waals surface area contributed by atoms with Crippen molar-refractivity contribution in [3.63, 3.8) is 0 Å². The van der Waals surface area contributed by atoms with Crippen molar-refractivity contribution in [1.29, 1.82) is 0 Å². The Morgan fingerprint density at radius 2 is 1.27 bits per heavy atom. The molecule has 2 aromatic carbocycles. The number of carboxylic acid groups (broad SMARTS) is 2. The van der Waals surface area contributed by atoms with Gasteiger partial charge in [0.05, 0.1) is 11.1 Å². The van der Waals surface area contributed by atoms with Crippen LogP contribution in [-0.2, 0) is 5.41 Å². The Bertz CT molecular complexity index is 739. The van der Waals surface area contributed by atoms with E-state index in [0.29, 0.717) is 11.5 Å². The summed E-state index contributed by atoms with van der Waals surface area (Å²) in [6.07, 6.45) is 0. The molecular weight excluding hydrogens is 284 g/mol. The van der Waals surface area contributed by atoms with Crippen molar-refractivity contribution in [2.75, 3.05) is 0 Å². The maximum Gasteiger partial charge on any atom is 0.335 e.